The van der Waals surface area contributed by atoms with Crippen molar-refractivity contribution in [2.75, 3.05) is 0 Å². The lowest BCUT2D eigenvalue weighted by atomic mass is 10.1. The van der Waals surface area contributed by atoms with Crippen molar-refractivity contribution in [1.29, 1.82) is 0 Å². The molecule has 1 fully saturated rings. The lowest BCUT2D eigenvalue weighted by Crippen LogP contribution is -1.87. The average molecular weight is 124 g/mol. The highest BCUT2D eigenvalue weighted by atomic mass is 16.3. The molecule has 0 aromatic rings. The first-order valence-corrected chi connectivity index (χ1v) is 3.79. The predicted molar refractivity (Wildman–Crippen MR) is 36.2 cm³/mol. The van der Waals surface area contributed by atoms with Gasteiger partial charge in [0.15, 0.2) is 0 Å². The molecule has 2 aliphatic carbocycles. The standard InChI is InChI=1S/C8H12O/c9-8-5-4-6-2-1-3-7(6)8/h6,9H,1-5H2. The molecule has 1 unspecified atom stereocenters. The predicted octanol–water partition coefficient (Wildman–Crippen LogP) is 2.39. The van der Waals surface area contributed by atoms with Crippen molar-refractivity contribution in [2.24, 2.45) is 5.92 Å². The highest BCUT2D eigenvalue weighted by Gasteiger charge is 2.28. The molecule has 0 spiro atoms. The minimum absolute atomic E-state index is 0.720. The fourth-order valence-electron chi connectivity index (χ4n) is 2.09. The summed E-state index contributed by atoms with van der Waals surface area (Å²) >= 11 is 0. The van der Waals surface area contributed by atoms with E-state index in [1.807, 2.05) is 0 Å². The van der Waals surface area contributed by atoms with E-state index in [-0.39, 0.29) is 0 Å². The first kappa shape index (κ1) is 5.33. The quantitative estimate of drug-likeness (QED) is 0.525. The van der Waals surface area contributed by atoms with E-state index in [1.165, 1.54) is 31.3 Å². The van der Waals surface area contributed by atoms with Gasteiger partial charge in [-0.25, -0.2) is 0 Å². The lowest BCUT2D eigenvalue weighted by molar-refractivity contribution is 0.390. The molecule has 1 saturated carbocycles. The summed E-state index contributed by atoms with van der Waals surface area (Å²) in [7, 11) is 0. The number of aliphatic hydroxyl groups is 1. The number of hydrogen-bond donors (Lipinski definition) is 1. The van der Waals surface area contributed by atoms with Crippen molar-refractivity contribution in [2.45, 2.75) is 32.1 Å². The van der Waals surface area contributed by atoms with Gasteiger partial charge in [-0.1, -0.05) is 0 Å². The number of aliphatic hydroxyl groups excluding tert-OH is 1. The van der Waals surface area contributed by atoms with Gasteiger partial charge in [-0.2, -0.15) is 0 Å². The van der Waals surface area contributed by atoms with Crippen LogP contribution in [0.2, 0.25) is 0 Å². The van der Waals surface area contributed by atoms with Gasteiger partial charge in [-0.15, -0.1) is 0 Å². The summed E-state index contributed by atoms with van der Waals surface area (Å²) in [5.74, 6) is 1.50. The van der Waals surface area contributed by atoms with Crippen LogP contribution in [0.1, 0.15) is 32.1 Å². The van der Waals surface area contributed by atoms with Crippen molar-refractivity contribution >= 4 is 0 Å². The van der Waals surface area contributed by atoms with E-state index in [9.17, 15) is 5.11 Å². The number of hydrogen-bond acceptors (Lipinski definition) is 1. The Morgan fingerprint density at radius 3 is 2.89 bits per heavy atom. The molecule has 0 aliphatic heterocycles. The molecule has 1 heteroatoms. The summed E-state index contributed by atoms with van der Waals surface area (Å²) in [5.41, 5.74) is 1.38. The Labute approximate surface area is 55.4 Å². The molecule has 0 aromatic carbocycles. The maximum absolute atomic E-state index is 9.28. The second-order valence-electron chi connectivity index (χ2n) is 3.10. The van der Waals surface area contributed by atoms with Crippen LogP contribution in [-0.4, -0.2) is 5.11 Å². The van der Waals surface area contributed by atoms with Gasteiger partial charge >= 0.3 is 0 Å². The Morgan fingerprint density at radius 1 is 1.22 bits per heavy atom. The summed E-state index contributed by atoms with van der Waals surface area (Å²) < 4.78 is 0. The fraction of sp³-hybridized carbons (Fsp3) is 0.750. The van der Waals surface area contributed by atoms with Crippen molar-refractivity contribution in [3.8, 4) is 0 Å². The Bertz CT molecular complexity index is 158. The third-order valence-electron chi connectivity index (χ3n) is 2.59. The van der Waals surface area contributed by atoms with Gasteiger partial charge in [0.1, 0.15) is 0 Å². The Balaban J connectivity index is 2.28. The van der Waals surface area contributed by atoms with E-state index in [2.05, 4.69) is 0 Å². The maximum atomic E-state index is 9.28. The smallest absolute Gasteiger partial charge is 0.0917 e. The van der Waals surface area contributed by atoms with Gasteiger partial charge in [0, 0.05) is 6.42 Å². The maximum Gasteiger partial charge on any atom is 0.0917 e. The van der Waals surface area contributed by atoms with Crippen LogP contribution >= 0.6 is 0 Å². The molecule has 1 N–H and O–H groups in total. The van der Waals surface area contributed by atoms with E-state index < -0.39 is 0 Å². The zero-order valence-electron chi connectivity index (χ0n) is 5.56. The summed E-state index contributed by atoms with van der Waals surface area (Å²) in [5, 5.41) is 9.28. The molecule has 1 nitrogen and oxygen atoms in total. The Kier molecular flexibility index (Phi) is 1.04. The van der Waals surface area contributed by atoms with Gasteiger partial charge in [0.05, 0.1) is 5.76 Å². The summed E-state index contributed by atoms with van der Waals surface area (Å²) in [6.45, 7) is 0. The summed E-state index contributed by atoms with van der Waals surface area (Å²) in [6, 6.07) is 0. The molecular formula is C8H12O. The van der Waals surface area contributed by atoms with Crippen molar-refractivity contribution < 1.29 is 5.11 Å². The number of rotatable bonds is 0. The number of allylic oxidation sites excluding steroid dienone is 2. The Hall–Kier alpha value is -0.460. The molecule has 50 valence electrons. The van der Waals surface area contributed by atoms with Crippen LogP contribution in [0.25, 0.3) is 0 Å². The molecule has 0 aromatic heterocycles. The topological polar surface area (TPSA) is 20.2 Å². The van der Waals surface area contributed by atoms with Crippen LogP contribution < -0.4 is 0 Å². The van der Waals surface area contributed by atoms with Crippen LogP contribution in [0.4, 0.5) is 0 Å². The van der Waals surface area contributed by atoms with E-state index in [0.29, 0.717) is 0 Å². The van der Waals surface area contributed by atoms with Crippen molar-refractivity contribution in [3.05, 3.63) is 11.3 Å². The zero-order valence-corrected chi connectivity index (χ0v) is 5.56. The van der Waals surface area contributed by atoms with Crippen LogP contribution in [0.3, 0.4) is 0 Å². The minimum Gasteiger partial charge on any atom is -0.512 e. The summed E-state index contributed by atoms with van der Waals surface area (Å²) in [6.07, 6.45) is 6.00. The first-order chi connectivity index (χ1) is 4.38. The molecule has 2 aliphatic rings. The SMILES string of the molecule is OC1=C2CCCC2CC1. The zero-order chi connectivity index (χ0) is 6.27. The number of fused-ring (bicyclic) bond motifs is 1. The van der Waals surface area contributed by atoms with E-state index >= 15 is 0 Å². The Morgan fingerprint density at radius 2 is 2.11 bits per heavy atom. The van der Waals surface area contributed by atoms with E-state index in [1.54, 1.807) is 0 Å². The molecule has 0 amide bonds. The molecule has 0 bridgehead atoms. The largest absolute Gasteiger partial charge is 0.512 e. The van der Waals surface area contributed by atoms with E-state index in [4.69, 9.17) is 0 Å². The monoisotopic (exact) mass is 124 g/mol. The molecule has 0 heterocycles. The first-order valence-electron chi connectivity index (χ1n) is 3.79. The lowest BCUT2D eigenvalue weighted by Gasteiger charge is -1.98. The molecule has 9 heavy (non-hydrogen) atoms. The average Bonchev–Trinajstić information content (AvgIpc) is 2.35. The fourth-order valence-corrected chi connectivity index (χ4v) is 2.09. The molecule has 0 radical (unpaired) electrons. The van der Waals surface area contributed by atoms with Gasteiger partial charge in [0.25, 0.3) is 0 Å². The molecule has 1 atom stereocenters. The van der Waals surface area contributed by atoms with Gasteiger partial charge in [-0.05, 0) is 37.2 Å². The minimum atomic E-state index is 0.720. The summed E-state index contributed by atoms with van der Waals surface area (Å²) in [4.78, 5) is 0. The molecule has 2 rings (SSSR count). The van der Waals surface area contributed by atoms with Crippen LogP contribution in [0.5, 0.6) is 0 Å². The van der Waals surface area contributed by atoms with Crippen molar-refractivity contribution in [3.63, 3.8) is 0 Å². The third-order valence-corrected chi connectivity index (χ3v) is 2.59. The third kappa shape index (κ3) is 0.673. The second-order valence-corrected chi connectivity index (χ2v) is 3.10. The molecule has 0 saturated heterocycles. The van der Waals surface area contributed by atoms with Crippen molar-refractivity contribution in [1.82, 2.24) is 0 Å². The van der Waals surface area contributed by atoms with Crippen LogP contribution in [0, 0.1) is 5.92 Å². The highest BCUT2D eigenvalue weighted by Crippen LogP contribution is 2.42. The highest BCUT2D eigenvalue weighted by molar-refractivity contribution is 5.20. The van der Waals surface area contributed by atoms with Gasteiger partial charge < -0.3 is 5.11 Å². The van der Waals surface area contributed by atoms with Gasteiger partial charge in [-0.3, -0.25) is 0 Å². The van der Waals surface area contributed by atoms with E-state index in [0.717, 1.165) is 18.1 Å². The second kappa shape index (κ2) is 1.76. The van der Waals surface area contributed by atoms with Crippen LogP contribution in [0.15, 0.2) is 11.3 Å². The van der Waals surface area contributed by atoms with Gasteiger partial charge in [0.2, 0.25) is 0 Å². The molecular weight excluding hydrogens is 112 g/mol. The normalized spacial score (nSPS) is 33.6. The van der Waals surface area contributed by atoms with Crippen LogP contribution in [-0.2, 0) is 0 Å².